The van der Waals surface area contributed by atoms with Gasteiger partial charge >= 0.3 is 6.18 Å². The van der Waals surface area contributed by atoms with Crippen LogP contribution in [0.3, 0.4) is 0 Å². The lowest BCUT2D eigenvalue weighted by atomic mass is 10.1. The van der Waals surface area contributed by atoms with E-state index in [1.54, 1.807) is 12.1 Å². The van der Waals surface area contributed by atoms with Crippen LogP contribution in [0.1, 0.15) is 40.6 Å². The number of halogens is 3. The molecule has 202 valence electrons. The van der Waals surface area contributed by atoms with Gasteiger partial charge in [-0.05, 0) is 37.1 Å². The predicted molar refractivity (Wildman–Crippen MR) is 134 cm³/mol. The van der Waals surface area contributed by atoms with Crippen LogP contribution in [-0.4, -0.2) is 77.9 Å². The molecule has 2 atom stereocenters. The van der Waals surface area contributed by atoms with Crippen molar-refractivity contribution in [1.29, 1.82) is 0 Å². The minimum atomic E-state index is -4.62. The molecule has 12 heteroatoms. The minimum Gasteiger partial charge on any atom is -0.379 e. The molecule has 5 rings (SSSR count). The number of anilines is 1. The number of alkyl halides is 3. The van der Waals surface area contributed by atoms with Crippen LogP contribution >= 0.6 is 0 Å². The minimum absolute atomic E-state index is 0.165. The quantitative estimate of drug-likeness (QED) is 0.457. The smallest absolute Gasteiger partial charge is 0.379 e. The van der Waals surface area contributed by atoms with Gasteiger partial charge in [-0.2, -0.15) is 13.2 Å². The number of nitrogens with zero attached hydrogens (tertiary/aromatic N) is 4. The fourth-order valence-corrected chi connectivity index (χ4v) is 4.76. The van der Waals surface area contributed by atoms with Crippen molar-refractivity contribution in [3.63, 3.8) is 0 Å². The summed E-state index contributed by atoms with van der Waals surface area (Å²) >= 11 is 0. The predicted octanol–water partition coefficient (Wildman–Crippen LogP) is 3.44. The number of amides is 1. The summed E-state index contributed by atoms with van der Waals surface area (Å²) in [6.07, 6.45) is -0.00417. The summed E-state index contributed by atoms with van der Waals surface area (Å²) in [6, 6.07) is 8.63. The third-order valence-corrected chi connectivity index (χ3v) is 6.76. The Balaban J connectivity index is 1.30. The van der Waals surface area contributed by atoms with E-state index in [1.807, 2.05) is 23.1 Å². The van der Waals surface area contributed by atoms with Crippen molar-refractivity contribution in [3.05, 3.63) is 59.7 Å². The SMILES string of the molecule is O=C(NCC(c1cnc(C(F)(F)F)nc1)N1CCOCC1)c1cccc2nc(NCC3CCCO3)ccc12. The van der Waals surface area contributed by atoms with Crippen molar-refractivity contribution in [2.24, 2.45) is 0 Å². The first-order chi connectivity index (χ1) is 18.4. The highest BCUT2D eigenvalue weighted by atomic mass is 19.4. The summed E-state index contributed by atoms with van der Waals surface area (Å²) in [4.78, 5) is 27.0. The topological polar surface area (TPSA) is 102 Å². The van der Waals surface area contributed by atoms with E-state index in [9.17, 15) is 18.0 Å². The van der Waals surface area contributed by atoms with Crippen LogP contribution in [0, 0.1) is 0 Å². The first-order valence-corrected chi connectivity index (χ1v) is 12.6. The highest BCUT2D eigenvalue weighted by molar-refractivity contribution is 6.06. The molecule has 0 bridgehead atoms. The van der Waals surface area contributed by atoms with E-state index in [1.165, 1.54) is 12.4 Å². The maximum Gasteiger partial charge on any atom is 0.451 e. The highest BCUT2D eigenvalue weighted by Crippen LogP contribution is 2.27. The van der Waals surface area contributed by atoms with Crippen LogP contribution in [0.25, 0.3) is 10.9 Å². The van der Waals surface area contributed by atoms with Crippen LogP contribution in [0.15, 0.2) is 42.7 Å². The number of carbonyl (C=O) groups is 1. The fourth-order valence-electron chi connectivity index (χ4n) is 4.76. The number of rotatable bonds is 8. The van der Waals surface area contributed by atoms with Crippen molar-refractivity contribution < 1.29 is 27.4 Å². The number of aromatic nitrogens is 3. The van der Waals surface area contributed by atoms with Gasteiger partial charge in [0.05, 0.1) is 30.9 Å². The number of hydrogen-bond acceptors (Lipinski definition) is 8. The second kappa shape index (κ2) is 11.6. The summed E-state index contributed by atoms with van der Waals surface area (Å²) in [5, 5.41) is 6.95. The van der Waals surface area contributed by atoms with Gasteiger partial charge in [0, 0.05) is 61.7 Å². The van der Waals surface area contributed by atoms with Gasteiger partial charge in [-0.1, -0.05) is 6.07 Å². The third kappa shape index (κ3) is 6.20. The number of fused-ring (bicyclic) bond motifs is 1. The number of nitrogens with one attached hydrogen (secondary N) is 2. The molecule has 3 aromatic rings. The molecule has 2 aliphatic rings. The Morgan fingerprint density at radius 2 is 1.89 bits per heavy atom. The Morgan fingerprint density at radius 3 is 2.61 bits per heavy atom. The zero-order valence-electron chi connectivity index (χ0n) is 20.7. The van der Waals surface area contributed by atoms with Crippen LogP contribution in [0.4, 0.5) is 19.0 Å². The Morgan fingerprint density at radius 1 is 1.11 bits per heavy atom. The summed E-state index contributed by atoms with van der Waals surface area (Å²) < 4.78 is 49.9. The van der Waals surface area contributed by atoms with Gasteiger partial charge in [0.25, 0.3) is 5.91 Å². The van der Waals surface area contributed by atoms with Crippen molar-refractivity contribution in [2.75, 3.05) is 51.3 Å². The number of hydrogen-bond donors (Lipinski definition) is 2. The number of pyridine rings is 1. The van der Waals surface area contributed by atoms with Crippen LogP contribution in [0.5, 0.6) is 0 Å². The first-order valence-electron chi connectivity index (χ1n) is 12.6. The first kappa shape index (κ1) is 26.3. The Kier molecular flexibility index (Phi) is 8.01. The van der Waals surface area contributed by atoms with Crippen LogP contribution < -0.4 is 10.6 Å². The van der Waals surface area contributed by atoms with E-state index in [0.717, 1.165) is 19.4 Å². The molecule has 9 nitrogen and oxygen atoms in total. The monoisotopic (exact) mass is 530 g/mol. The molecular weight excluding hydrogens is 501 g/mol. The van der Waals surface area contributed by atoms with E-state index in [2.05, 4.69) is 25.6 Å². The van der Waals surface area contributed by atoms with E-state index in [-0.39, 0.29) is 18.6 Å². The number of ether oxygens (including phenoxy) is 2. The maximum absolute atomic E-state index is 13.3. The van der Waals surface area contributed by atoms with Gasteiger partial charge in [0.15, 0.2) is 0 Å². The zero-order valence-corrected chi connectivity index (χ0v) is 20.7. The summed E-state index contributed by atoms with van der Waals surface area (Å²) in [6.45, 7) is 3.75. The molecule has 0 radical (unpaired) electrons. The third-order valence-electron chi connectivity index (χ3n) is 6.76. The summed E-state index contributed by atoms with van der Waals surface area (Å²) in [7, 11) is 0. The lowest BCUT2D eigenvalue weighted by Crippen LogP contribution is -2.44. The molecule has 4 heterocycles. The molecule has 1 amide bonds. The molecule has 0 spiro atoms. The van der Waals surface area contributed by atoms with Gasteiger partial charge in [-0.25, -0.2) is 15.0 Å². The lowest BCUT2D eigenvalue weighted by molar-refractivity contribution is -0.145. The molecule has 2 saturated heterocycles. The summed E-state index contributed by atoms with van der Waals surface area (Å²) in [5.41, 5.74) is 1.63. The van der Waals surface area contributed by atoms with Gasteiger partial charge in [0.1, 0.15) is 5.82 Å². The average molecular weight is 531 g/mol. The van der Waals surface area contributed by atoms with Gasteiger partial charge in [-0.3, -0.25) is 9.69 Å². The molecule has 0 saturated carbocycles. The number of carbonyl (C=O) groups excluding carboxylic acids is 1. The van der Waals surface area contributed by atoms with Gasteiger partial charge in [0.2, 0.25) is 5.82 Å². The molecule has 1 aromatic carbocycles. The van der Waals surface area contributed by atoms with E-state index >= 15 is 0 Å². The molecule has 2 fully saturated rings. The molecule has 2 N–H and O–H groups in total. The Bertz CT molecular complexity index is 1250. The number of benzene rings is 1. The molecule has 0 aliphatic carbocycles. The molecule has 2 aliphatic heterocycles. The normalized spacial score (nSPS) is 19.4. The van der Waals surface area contributed by atoms with E-state index in [0.29, 0.717) is 60.7 Å². The van der Waals surface area contributed by atoms with Gasteiger partial charge in [-0.15, -0.1) is 0 Å². The average Bonchev–Trinajstić information content (AvgIpc) is 3.46. The number of morpholine rings is 1. The lowest BCUT2D eigenvalue weighted by Gasteiger charge is -2.34. The largest absolute Gasteiger partial charge is 0.451 e. The fraction of sp³-hybridized carbons (Fsp3) is 0.462. The molecule has 2 unspecified atom stereocenters. The van der Waals surface area contributed by atoms with Gasteiger partial charge < -0.3 is 20.1 Å². The zero-order chi connectivity index (χ0) is 26.5. The second-order valence-corrected chi connectivity index (χ2v) is 9.30. The van der Waals surface area contributed by atoms with Crippen molar-refractivity contribution in [3.8, 4) is 0 Å². The maximum atomic E-state index is 13.3. The highest BCUT2D eigenvalue weighted by Gasteiger charge is 2.35. The molecule has 2 aromatic heterocycles. The van der Waals surface area contributed by atoms with Crippen molar-refractivity contribution in [1.82, 2.24) is 25.2 Å². The van der Waals surface area contributed by atoms with E-state index in [4.69, 9.17) is 9.47 Å². The Hall–Kier alpha value is -3.35. The second-order valence-electron chi connectivity index (χ2n) is 9.30. The standard InChI is InChI=1S/C26H29F3N6O3/c27-26(28,29)25-32-13-17(14-33-25)22(35-8-11-37-12-9-35)16-31-24(36)20-4-1-5-21-19(20)6-7-23(34-21)30-15-18-3-2-10-38-18/h1,4-7,13-14,18,22H,2-3,8-12,15-16H2,(H,30,34)(H,31,36). The Labute approximate surface area is 217 Å². The molecule has 38 heavy (non-hydrogen) atoms. The van der Waals surface area contributed by atoms with Crippen LogP contribution in [-0.2, 0) is 15.7 Å². The van der Waals surface area contributed by atoms with E-state index < -0.39 is 18.0 Å². The van der Waals surface area contributed by atoms with Crippen LogP contribution in [0.2, 0.25) is 0 Å². The molecular formula is C26H29F3N6O3. The van der Waals surface area contributed by atoms with Crippen molar-refractivity contribution in [2.45, 2.75) is 31.2 Å². The van der Waals surface area contributed by atoms with Crippen molar-refractivity contribution >= 4 is 22.6 Å². The summed E-state index contributed by atoms with van der Waals surface area (Å²) in [5.74, 6) is -0.789.